The van der Waals surface area contributed by atoms with Gasteiger partial charge >= 0.3 is 6.18 Å². The van der Waals surface area contributed by atoms with Gasteiger partial charge in [0.15, 0.2) is 0 Å². The molecule has 0 unspecified atom stereocenters. The number of alkyl halides is 3. The molecule has 3 aromatic carbocycles. The van der Waals surface area contributed by atoms with E-state index in [4.69, 9.17) is 4.74 Å². The Bertz CT molecular complexity index is 1300. The van der Waals surface area contributed by atoms with Crippen LogP contribution in [0, 0.1) is 0 Å². The van der Waals surface area contributed by atoms with Crippen molar-refractivity contribution in [2.75, 3.05) is 12.4 Å². The van der Waals surface area contributed by atoms with Gasteiger partial charge in [0.1, 0.15) is 11.5 Å². The Kier molecular flexibility index (Phi) is 5.43. The lowest BCUT2D eigenvalue weighted by Crippen LogP contribution is -2.18. The molecule has 0 radical (unpaired) electrons. The van der Waals surface area contributed by atoms with Crippen LogP contribution in [0.4, 0.5) is 18.9 Å². The van der Waals surface area contributed by atoms with Crippen molar-refractivity contribution in [1.29, 1.82) is 0 Å². The number of sulfonamides is 1. The van der Waals surface area contributed by atoms with Gasteiger partial charge in [-0.05, 0) is 72.8 Å². The fraction of sp³-hybridized carbons (Fsp3) is 0.136. The maximum absolute atomic E-state index is 12.8. The van der Waals surface area contributed by atoms with E-state index in [1.54, 1.807) is 18.2 Å². The van der Waals surface area contributed by atoms with Crippen LogP contribution in [0.1, 0.15) is 11.1 Å². The van der Waals surface area contributed by atoms with Crippen molar-refractivity contribution >= 4 is 21.6 Å². The second-order valence-corrected chi connectivity index (χ2v) is 8.97. The zero-order valence-corrected chi connectivity index (χ0v) is 17.5. The van der Waals surface area contributed by atoms with Crippen LogP contribution in [0.5, 0.6) is 11.5 Å². The molecule has 32 heavy (non-hydrogen) atoms. The van der Waals surface area contributed by atoms with Crippen molar-refractivity contribution in [1.82, 2.24) is 4.72 Å². The molecule has 0 bridgehead atoms. The Hall–Kier alpha value is -3.37. The van der Waals surface area contributed by atoms with Crippen molar-refractivity contribution in [2.45, 2.75) is 17.5 Å². The van der Waals surface area contributed by atoms with Crippen molar-refractivity contribution < 1.29 is 31.1 Å². The molecule has 1 aliphatic heterocycles. The predicted octanol–water partition coefficient (Wildman–Crippen LogP) is 4.57. The number of anilines is 1. The number of carbonyl (C=O) groups is 1. The highest BCUT2D eigenvalue weighted by atomic mass is 32.2. The molecule has 0 saturated carbocycles. The molecule has 0 spiro atoms. The van der Waals surface area contributed by atoms with E-state index in [-0.39, 0.29) is 28.7 Å². The average Bonchev–Trinajstić information content (AvgIpc) is 3.13. The van der Waals surface area contributed by atoms with Crippen LogP contribution in [0.2, 0.25) is 0 Å². The van der Waals surface area contributed by atoms with Crippen molar-refractivity contribution in [3.8, 4) is 22.6 Å². The third kappa shape index (κ3) is 4.32. The highest BCUT2D eigenvalue weighted by Crippen LogP contribution is 2.38. The molecule has 2 N–H and O–H groups in total. The fourth-order valence-corrected chi connectivity index (χ4v) is 4.10. The van der Waals surface area contributed by atoms with Crippen LogP contribution < -0.4 is 14.8 Å². The van der Waals surface area contributed by atoms with E-state index in [2.05, 4.69) is 10.0 Å². The van der Waals surface area contributed by atoms with Crippen LogP contribution in [0.25, 0.3) is 11.1 Å². The van der Waals surface area contributed by atoms with Gasteiger partial charge in [0.2, 0.25) is 15.9 Å². The summed E-state index contributed by atoms with van der Waals surface area (Å²) in [5.41, 5.74) is 1.60. The first kappa shape index (κ1) is 21.8. The first-order chi connectivity index (χ1) is 15.1. The van der Waals surface area contributed by atoms with Crippen LogP contribution in [0.15, 0.2) is 65.6 Å². The van der Waals surface area contributed by atoms with Crippen LogP contribution >= 0.6 is 0 Å². The van der Waals surface area contributed by atoms with E-state index >= 15 is 0 Å². The van der Waals surface area contributed by atoms with Gasteiger partial charge < -0.3 is 10.1 Å². The molecule has 3 aromatic rings. The predicted molar refractivity (Wildman–Crippen MR) is 112 cm³/mol. The molecule has 1 amide bonds. The molecule has 0 atom stereocenters. The minimum atomic E-state index is -4.47. The summed E-state index contributed by atoms with van der Waals surface area (Å²) in [5, 5.41) is 2.72. The summed E-state index contributed by atoms with van der Waals surface area (Å²) in [6, 6.07) is 13.5. The van der Waals surface area contributed by atoms with Gasteiger partial charge in [0.25, 0.3) is 0 Å². The quantitative estimate of drug-likeness (QED) is 0.582. The lowest BCUT2D eigenvalue weighted by atomic mass is 10.0. The van der Waals surface area contributed by atoms with Crippen LogP contribution in [-0.4, -0.2) is 21.4 Å². The van der Waals surface area contributed by atoms with E-state index in [0.29, 0.717) is 16.8 Å². The Morgan fingerprint density at radius 2 is 1.72 bits per heavy atom. The number of halogens is 3. The molecular weight excluding hydrogens is 445 g/mol. The molecule has 10 heteroatoms. The summed E-state index contributed by atoms with van der Waals surface area (Å²) in [5.74, 6) is 0.253. The summed E-state index contributed by atoms with van der Waals surface area (Å²) >= 11 is 0. The molecule has 6 nitrogen and oxygen atoms in total. The van der Waals surface area contributed by atoms with Gasteiger partial charge in [-0.2, -0.15) is 13.2 Å². The lowest BCUT2D eigenvalue weighted by Gasteiger charge is -2.15. The van der Waals surface area contributed by atoms with Gasteiger partial charge in [-0.3, -0.25) is 4.79 Å². The summed E-state index contributed by atoms with van der Waals surface area (Å²) in [4.78, 5) is 11.7. The number of carbonyl (C=O) groups excluding carboxylic acids is 1. The van der Waals surface area contributed by atoms with Gasteiger partial charge in [-0.25, -0.2) is 13.1 Å². The molecule has 166 valence electrons. The van der Waals surface area contributed by atoms with E-state index in [9.17, 15) is 26.4 Å². The van der Waals surface area contributed by atoms with Crippen molar-refractivity contribution in [2.24, 2.45) is 0 Å². The molecule has 1 aliphatic rings. The third-order valence-corrected chi connectivity index (χ3v) is 6.39. The number of hydrogen-bond donors (Lipinski definition) is 2. The van der Waals surface area contributed by atoms with E-state index in [0.717, 1.165) is 17.7 Å². The largest absolute Gasteiger partial charge is 0.457 e. The minimum Gasteiger partial charge on any atom is -0.457 e. The highest BCUT2D eigenvalue weighted by molar-refractivity contribution is 7.89. The SMILES string of the molecule is CNS(=O)(=O)c1ccc(Oc2ccc(C(F)(F)F)cc2)c(-c2ccc3c(c2)CC(=O)N3)c1. The Morgan fingerprint density at radius 3 is 2.38 bits per heavy atom. The number of fused-ring (bicyclic) bond motifs is 1. The topological polar surface area (TPSA) is 84.5 Å². The zero-order valence-electron chi connectivity index (χ0n) is 16.7. The first-order valence-electron chi connectivity index (χ1n) is 9.43. The highest BCUT2D eigenvalue weighted by Gasteiger charge is 2.30. The molecule has 0 aromatic heterocycles. The number of nitrogens with one attached hydrogen (secondary N) is 2. The van der Waals surface area contributed by atoms with Crippen molar-refractivity contribution in [3.63, 3.8) is 0 Å². The lowest BCUT2D eigenvalue weighted by molar-refractivity contribution is -0.137. The van der Waals surface area contributed by atoms with Gasteiger partial charge in [-0.1, -0.05) is 6.07 Å². The third-order valence-electron chi connectivity index (χ3n) is 4.98. The molecule has 1 heterocycles. The number of amides is 1. The summed E-state index contributed by atoms with van der Waals surface area (Å²) in [7, 11) is -2.47. The van der Waals surface area contributed by atoms with E-state index in [1.165, 1.54) is 37.4 Å². The zero-order chi connectivity index (χ0) is 23.1. The molecule has 0 fully saturated rings. The minimum absolute atomic E-state index is 0.00975. The summed E-state index contributed by atoms with van der Waals surface area (Å²) < 4.78 is 71.1. The smallest absolute Gasteiger partial charge is 0.416 e. The van der Waals surface area contributed by atoms with E-state index < -0.39 is 21.8 Å². The molecular formula is C22H17F3N2O4S. The number of ether oxygens (including phenoxy) is 1. The molecule has 0 aliphatic carbocycles. The standard InChI is InChI=1S/C22H17F3N2O4S/c1-26-32(29,30)17-7-9-20(31-16-5-3-15(4-6-16)22(23,24)25)18(12-17)13-2-8-19-14(10-13)11-21(28)27-19/h2-10,12,26H,11H2,1H3,(H,27,28). The van der Waals surface area contributed by atoms with Crippen LogP contribution in [0.3, 0.4) is 0 Å². The number of hydrogen-bond acceptors (Lipinski definition) is 4. The average molecular weight is 462 g/mol. The Labute approximate surface area is 182 Å². The number of benzene rings is 3. The second-order valence-electron chi connectivity index (χ2n) is 7.09. The summed E-state index contributed by atoms with van der Waals surface area (Å²) in [6.45, 7) is 0. The Morgan fingerprint density at radius 1 is 1.00 bits per heavy atom. The second kappa shape index (κ2) is 7.95. The fourth-order valence-electron chi connectivity index (χ4n) is 3.34. The van der Waals surface area contributed by atoms with Crippen LogP contribution in [-0.2, 0) is 27.4 Å². The van der Waals surface area contributed by atoms with Gasteiger partial charge in [0, 0.05) is 11.3 Å². The molecule has 4 rings (SSSR count). The number of rotatable bonds is 5. The molecule has 0 saturated heterocycles. The maximum Gasteiger partial charge on any atom is 0.416 e. The van der Waals surface area contributed by atoms with Gasteiger partial charge in [-0.15, -0.1) is 0 Å². The van der Waals surface area contributed by atoms with Crippen molar-refractivity contribution in [3.05, 3.63) is 71.8 Å². The normalized spacial score (nSPS) is 13.6. The maximum atomic E-state index is 12.8. The Balaban J connectivity index is 1.77. The van der Waals surface area contributed by atoms with E-state index in [1.807, 2.05) is 0 Å². The van der Waals surface area contributed by atoms with Gasteiger partial charge in [0.05, 0.1) is 16.9 Å². The summed E-state index contributed by atoms with van der Waals surface area (Å²) in [6.07, 6.45) is -4.28. The monoisotopic (exact) mass is 462 g/mol. The first-order valence-corrected chi connectivity index (χ1v) is 10.9.